The average Bonchev–Trinajstić information content (AvgIpc) is 2.71. The van der Waals surface area contributed by atoms with Crippen molar-refractivity contribution in [2.45, 2.75) is 39.3 Å². The largest absolute Gasteiger partial charge is 0.397 e. The summed E-state index contributed by atoms with van der Waals surface area (Å²) in [6.45, 7) is 6.56. The summed E-state index contributed by atoms with van der Waals surface area (Å²) in [5, 5.41) is 2.95. The smallest absolute Gasteiger partial charge is 0.268 e. The number of carbonyl (C=O) groups excluding carboxylic acids is 1. The van der Waals surface area contributed by atoms with Crippen molar-refractivity contribution in [3.8, 4) is 0 Å². The molecule has 18 heavy (non-hydrogen) atoms. The molecule has 0 saturated carbocycles. The molecule has 1 aromatic heterocycles. The lowest BCUT2D eigenvalue weighted by atomic mass is 10.2. The molecule has 1 rings (SSSR count). The Morgan fingerprint density at radius 3 is 2.72 bits per heavy atom. The highest BCUT2D eigenvalue weighted by Crippen LogP contribution is 2.16. The first-order chi connectivity index (χ1) is 8.49. The summed E-state index contributed by atoms with van der Waals surface area (Å²) >= 11 is 0. The second-order valence-electron chi connectivity index (χ2n) is 4.69. The normalized spacial score (nSPS) is 12.7. The highest BCUT2D eigenvalue weighted by Gasteiger charge is 2.17. The number of ether oxygens (including phenoxy) is 1. The van der Waals surface area contributed by atoms with Crippen LogP contribution < -0.4 is 11.1 Å². The van der Waals surface area contributed by atoms with Gasteiger partial charge in [-0.1, -0.05) is 6.92 Å². The molecule has 0 aliphatic heterocycles. The molecule has 1 unspecified atom stereocenters. The number of nitrogens with one attached hydrogen (secondary N) is 1. The van der Waals surface area contributed by atoms with Gasteiger partial charge in [-0.3, -0.25) is 4.79 Å². The fourth-order valence-corrected chi connectivity index (χ4v) is 1.83. The van der Waals surface area contributed by atoms with Crippen molar-refractivity contribution < 1.29 is 9.53 Å². The third kappa shape index (κ3) is 3.50. The Bertz CT molecular complexity index is 399. The molecule has 0 fully saturated rings. The summed E-state index contributed by atoms with van der Waals surface area (Å²) in [5.74, 6) is -0.107. The summed E-state index contributed by atoms with van der Waals surface area (Å²) in [7, 11) is 1.63. The van der Waals surface area contributed by atoms with E-state index in [1.54, 1.807) is 19.4 Å². The first-order valence-corrected chi connectivity index (χ1v) is 6.26. The van der Waals surface area contributed by atoms with E-state index >= 15 is 0 Å². The van der Waals surface area contributed by atoms with Gasteiger partial charge in [0.15, 0.2) is 0 Å². The van der Waals surface area contributed by atoms with Gasteiger partial charge in [-0.2, -0.15) is 0 Å². The summed E-state index contributed by atoms with van der Waals surface area (Å²) in [4.78, 5) is 12.2. The minimum absolute atomic E-state index is 0.0271. The van der Waals surface area contributed by atoms with Crippen LogP contribution in [0.2, 0.25) is 0 Å². The third-order valence-corrected chi connectivity index (χ3v) is 2.85. The van der Waals surface area contributed by atoms with Crippen molar-refractivity contribution in [2.75, 3.05) is 19.5 Å². The zero-order valence-electron chi connectivity index (χ0n) is 11.6. The standard InChI is InChI=1S/C13H23N3O2/c1-5-11(8-18-4)15-13(17)12-6-10(14)7-16(12)9(2)3/h6-7,9,11H,5,8,14H2,1-4H3,(H,15,17). The van der Waals surface area contributed by atoms with Crippen molar-refractivity contribution in [1.29, 1.82) is 0 Å². The lowest BCUT2D eigenvalue weighted by Gasteiger charge is -2.18. The molecular formula is C13H23N3O2. The first-order valence-electron chi connectivity index (χ1n) is 6.26. The maximum Gasteiger partial charge on any atom is 0.268 e. The maximum atomic E-state index is 12.2. The summed E-state index contributed by atoms with van der Waals surface area (Å²) < 4.78 is 6.95. The molecule has 1 aromatic rings. The number of hydrogen-bond donors (Lipinski definition) is 2. The van der Waals surface area contributed by atoms with E-state index in [-0.39, 0.29) is 18.0 Å². The predicted molar refractivity (Wildman–Crippen MR) is 72.7 cm³/mol. The minimum atomic E-state index is -0.107. The van der Waals surface area contributed by atoms with Gasteiger partial charge in [0, 0.05) is 19.3 Å². The van der Waals surface area contributed by atoms with Crippen LogP contribution >= 0.6 is 0 Å². The number of amides is 1. The lowest BCUT2D eigenvalue weighted by molar-refractivity contribution is 0.0884. The number of nitrogen functional groups attached to an aromatic ring is 1. The maximum absolute atomic E-state index is 12.2. The van der Waals surface area contributed by atoms with Gasteiger partial charge in [-0.05, 0) is 26.3 Å². The molecule has 102 valence electrons. The number of nitrogens with two attached hydrogens (primary N) is 1. The van der Waals surface area contributed by atoms with Crippen LogP contribution in [-0.2, 0) is 4.74 Å². The number of methoxy groups -OCH3 is 1. The zero-order chi connectivity index (χ0) is 13.7. The van der Waals surface area contributed by atoms with Crippen LogP contribution in [0.1, 0.15) is 43.7 Å². The van der Waals surface area contributed by atoms with Crippen molar-refractivity contribution in [3.05, 3.63) is 18.0 Å². The summed E-state index contributed by atoms with van der Waals surface area (Å²) in [5.41, 5.74) is 6.95. The van der Waals surface area contributed by atoms with Crippen LogP contribution in [0.25, 0.3) is 0 Å². The molecular weight excluding hydrogens is 230 g/mol. The van der Waals surface area contributed by atoms with Gasteiger partial charge in [0.2, 0.25) is 0 Å². The fourth-order valence-electron chi connectivity index (χ4n) is 1.83. The Balaban J connectivity index is 2.83. The van der Waals surface area contributed by atoms with Gasteiger partial charge < -0.3 is 20.4 Å². The molecule has 5 heteroatoms. The van der Waals surface area contributed by atoms with Crippen LogP contribution in [-0.4, -0.2) is 30.2 Å². The molecule has 0 aromatic carbocycles. The second-order valence-corrected chi connectivity index (χ2v) is 4.69. The molecule has 3 N–H and O–H groups in total. The van der Waals surface area contributed by atoms with E-state index in [1.807, 2.05) is 25.3 Å². The fraction of sp³-hybridized carbons (Fsp3) is 0.615. The number of aromatic nitrogens is 1. The van der Waals surface area contributed by atoms with E-state index in [1.165, 1.54) is 0 Å². The quantitative estimate of drug-likeness (QED) is 0.812. The number of anilines is 1. The Kier molecular flexibility index (Phi) is 5.22. The number of nitrogens with zero attached hydrogens (tertiary/aromatic N) is 1. The SMILES string of the molecule is CCC(COC)NC(=O)c1cc(N)cn1C(C)C. The number of hydrogen-bond acceptors (Lipinski definition) is 3. The van der Waals surface area contributed by atoms with E-state index in [0.29, 0.717) is 18.0 Å². The van der Waals surface area contributed by atoms with Gasteiger partial charge >= 0.3 is 0 Å². The van der Waals surface area contributed by atoms with Crippen molar-refractivity contribution >= 4 is 11.6 Å². The highest BCUT2D eigenvalue weighted by atomic mass is 16.5. The summed E-state index contributed by atoms with van der Waals surface area (Å²) in [6, 6.07) is 1.93. The van der Waals surface area contributed by atoms with E-state index in [2.05, 4.69) is 5.32 Å². The molecule has 0 bridgehead atoms. The van der Waals surface area contributed by atoms with Gasteiger partial charge in [0.1, 0.15) is 5.69 Å². The van der Waals surface area contributed by atoms with Crippen molar-refractivity contribution in [3.63, 3.8) is 0 Å². The van der Waals surface area contributed by atoms with Crippen LogP contribution in [0.3, 0.4) is 0 Å². The third-order valence-electron chi connectivity index (χ3n) is 2.85. The van der Waals surface area contributed by atoms with E-state index in [4.69, 9.17) is 10.5 Å². The summed E-state index contributed by atoms with van der Waals surface area (Å²) in [6.07, 6.45) is 2.62. The van der Waals surface area contributed by atoms with Crippen molar-refractivity contribution in [1.82, 2.24) is 9.88 Å². The molecule has 5 nitrogen and oxygen atoms in total. The predicted octanol–water partition coefficient (Wildman–Crippen LogP) is 1.81. The van der Waals surface area contributed by atoms with Crippen LogP contribution in [0, 0.1) is 0 Å². The Morgan fingerprint density at radius 1 is 1.56 bits per heavy atom. The monoisotopic (exact) mass is 253 g/mol. The molecule has 1 heterocycles. The van der Waals surface area contributed by atoms with Crippen LogP contribution in [0.5, 0.6) is 0 Å². The molecule has 0 aliphatic rings. The Hall–Kier alpha value is -1.49. The molecule has 1 amide bonds. The van der Waals surface area contributed by atoms with Crippen molar-refractivity contribution in [2.24, 2.45) is 0 Å². The Morgan fingerprint density at radius 2 is 2.22 bits per heavy atom. The van der Waals surface area contributed by atoms with Crippen LogP contribution in [0.15, 0.2) is 12.3 Å². The van der Waals surface area contributed by atoms with Gasteiger partial charge in [-0.15, -0.1) is 0 Å². The molecule has 1 atom stereocenters. The average molecular weight is 253 g/mol. The molecule has 0 radical (unpaired) electrons. The van der Waals surface area contributed by atoms with Gasteiger partial charge in [0.25, 0.3) is 5.91 Å². The molecule has 0 saturated heterocycles. The first kappa shape index (κ1) is 14.6. The minimum Gasteiger partial charge on any atom is -0.397 e. The highest BCUT2D eigenvalue weighted by molar-refractivity contribution is 5.94. The van der Waals surface area contributed by atoms with E-state index in [9.17, 15) is 4.79 Å². The van der Waals surface area contributed by atoms with E-state index in [0.717, 1.165) is 6.42 Å². The van der Waals surface area contributed by atoms with E-state index < -0.39 is 0 Å². The number of carbonyl (C=O) groups is 1. The van der Waals surface area contributed by atoms with Crippen LogP contribution in [0.4, 0.5) is 5.69 Å². The second kappa shape index (κ2) is 6.44. The number of rotatable bonds is 6. The Labute approximate surface area is 108 Å². The lowest BCUT2D eigenvalue weighted by Crippen LogP contribution is -2.38. The molecule has 0 spiro atoms. The zero-order valence-corrected chi connectivity index (χ0v) is 11.6. The topological polar surface area (TPSA) is 69.3 Å². The van der Waals surface area contributed by atoms with Gasteiger partial charge in [0.05, 0.1) is 18.3 Å². The van der Waals surface area contributed by atoms with Gasteiger partial charge in [-0.25, -0.2) is 0 Å². The molecule has 0 aliphatic carbocycles.